The van der Waals surface area contributed by atoms with Crippen LogP contribution in [0.15, 0.2) is 0 Å². The average Bonchev–Trinajstić information content (AvgIpc) is 2.84. The van der Waals surface area contributed by atoms with E-state index in [4.69, 9.17) is 0 Å². The Morgan fingerprint density at radius 3 is 2.38 bits per heavy atom. The number of amides is 1. The molecule has 0 unspecified atom stereocenters. The van der Waals surface area contributed by atoms with Crippen molar-refractivity contribution >= 4 is 22.4 Å². The zero-order valence-electron chi connectivity index (χ0n) is 14.4. The van der Waals surface area contributed by atoms with E-state index in [1.165, 1.54) is 62.7 Å². The molecular formula is C18H29N3O2S. The van der Waals surface area contributed by atoms with Crippen molar-refractivity contribution in [2.45, 2.75) is 76.7 Å². The first-order chi connectivity index (χ1) is 11.7. The van der Waals surface area contributed by atoms with Crippen LogP contribution in [0.25, 0.3) is 0 Å². The highest BCUT2D eigenvalue weighted by molar-refractivity contribution is 7.16. The summed E-state index contributed by atoms with van der Waals surface area (Å²) in [5.74, 6) is 0.149. The molecule has 0 aromatic carbocycles. The van der Waals surface area contributed by atoms with Crippen molar-refractivity contribution in [3.05, 3.63) is 4.88 Å². The van der Waals surface area contributed by atoms with Crippen LogP contribution in [-0.4, -0.2) is 40.0 Å². The van der Waals surface area contributed by atoms with Crippen LogP contribution in [-0.2, 0) is 11.2 Å². The summed E-state index contributed by atoms with van der Waals surface area (Å²) in [6.07, 6.45) is 12.4. The number of nitrogens with one attached hydrogen (secondary N) is 1. The topological polar surface area (TPSA) is 65.5 Å². The monoisotopic (exact) mass is 351 g/mol. The Morgan fingerprint density at radius 2 is 1.71 bits per heavy atom. The SMILES string of the molecule is O=C(Cc1sc(NC2CCCCCC2)nc1O)N1CCCCCC1. The largest absolute Gasteiger partial charge is 0.492 e. The molecule has 2 heterocycles. The van der Waals surface area contributed by atoms with Gasteiger partial charge in [-0.2, -0.15) is 4.98 Å². The number of thiazole rings is 1. The van der Waals surface area contributed by atoms with Gasteiger partial charge in [0.2, 0.25) is 11.8 Å². The third-order valence-electron chi connectivity index (χ3n) is 5.13. The van der Waals surface area contributed by atoms with Gasteiger partial charge in [-0.3, -0.25) is 4.79 Å². The fourth-order valence-corrected chi connectivity index (χ4v) is 4.61. The van der Waals surface area contributed by atoms with E-state index in [1.807, 2.05) is 4.90 Å². The fourth-order valence-electron chi connectivity index (χ4n) is 3.69. The molecule has 1 aromatic heterocycles. The number of anilines is 1. The Labute approximate surface area is 148 Å². The number of likely N-dealkylation sites (tertiary alicyclic amines) is 1. The van der Waals surface area contributed by atoms with Gasteiger partial charge >= 0.3 is 0 Å². The zero-order valence-corrected chi connectivity index (χ0v) is 15.2. The maximum atomic E-state index is 12.5. The van der Waals surface area contributed by atoms with Gasteiger partial charge in [0.05, 0.1) is 11.3 Å². The molecule has 1 amide bonds. The number of aromatic nitrogens is 1. The van der Waals surface area contributed by atoms with Crippen molar-refractivity contribution in [2.75, 3.05) is 18.4 Å². The molecule has 1 saturated heterocycles. The summed E-state index contributed by atoms with van der Waals surface area (Å²) in [6.45, 7) is 1.71. The molecule has 134 valence electrons. The van der Waals surface area contributed by atoms with Gasteiger partial charge in [-0.05, 0) is 25.7 Å². The molecule has 0 radical (unpaired) electrons. The van der Waals surface area contributed by atoms with Crippen LogP contribution in [0.2, 0.25) is 0 Å². The van der Waals surface area contributed by atoms with Gasteiger partial charge in [0.25, 0.3) is 0 Å². The second kappa shape index (κ2) is 8.70. The second-order valence-electron chi connectivity index (χ2n) is 7.07. The van der Waals surface area contributed by atoms with Crippen LogP contribution < -0.4 is 5.32 Å². The molecule has 0 atom stereocenters. The molecule has 6 heteroatoms. The maximum absolute atomic E-state index is 12.5. The molecule has 0 bridgehead atoms. The number of nitrogens with zero attached hydrogens (tertiary/aromatic N) is 2. The second-order valence-corrected chi connectivity index (χ2v) is 8.15. The molecule has 1 saturated carbocycles. The predicted molar refractivity (Wildman–Crippen MR) is 97.6 cm³/mol. The molecule has 1 aliphatic carbocycles. The normalized spacial score (nSPS) is 20.4. The van der Waals surface area contributed by atoms with Crippen molar-refractivity contribution in [3.8, 4) is 5.88 Å². The number of hydrogen-bond donors (Lipinski definition) is 2. The van der Waals surface area contributed by atoms with Gasteiger partial charge in [0.1, 0.15) is 0 Å². The van der Waals surface area contributed by atoms with Gasteiger partial charge in [0, 0.05) is 19.1 Å². The van der Waals surface area contributed by atoms with E-state index in [-0.39, 0.29) is 18.2 Å². The Balaban J connectivity index is 1.57. The lowest BCUT2D eigenvalue weighted by atomic mass is 10.1. The Morgan fingerprint density at radius 1 is 1.08 bits per heavy atom. The minimum atomic E-state index is 0.0271. The number of carbonyl (C=O) groups excluding carboxylic acids is 1. The first-order valence-corrected chi connectivity index (χ1v) is 10.3. The first-order valence-electron chi connectivity index (χ1n) is 9.45. The highest BCUT2D eigenvalue weighted by atomic mass is 32.1. The minimum Gasteiger partial charge on any atom is -0.492 e. The number of aromatic hydroxyl groups is 1. The van der Waals surface area contributed by atoms with E-state index in [0.29, 0.717) is 10.9 Å². The lowest BCUT2D eigenvalue weighted by Gasteiger charge is -2.19. The summed E-state index contributed by atoms with van der Waals surface area (Å²) in [5.41, 5.74) is 0. The molecule has 2 aliphatic rings. The number of hydrogen-bond acceptors (Lipinski definition) is 5. The summed E-state index contributed by atoms with van der Waals surface area (Å²) in [4.78, 5) is 19.4. The van der Waals surface area contributed by atoms with Gasteiger partial charge in [-0.15, -0.1) is 0 Å². The van der Waals surface area contributed by atoms with Crippen molar-refractivity contribution in [2.24, 2.45) is 0 Å². The van der Waals surface area contributed by atoms with Crippen molar-refractivity contribution in [1.29, 1.82) is 0 Å². The third kappa shape index (κ3) is 4.85. The van der Waals surface area contributed by atoms with E-state index in [1.54, 1.807) is 0 Å². The Hall–Kier alpha value is -1.30. The molecule has 2 fully saturated rings. The molecule has 2 N–H and O–H groups in total. The lowest BCUT2D eigenvalue weighted by Crippen LogP contribution is -2.32. The molecular weight excluding hydrogens is 322 g/mol. The summed E-state index contributed by atoms with van der Waals surface area (Å²) in [6, 6.07) is 0.451. The van der Waals surface area contributed by atoms with Crippen molar-refractivity contribution < 1.29 is 9.90 Å². The predicted octanol–water partition coefficient (Wildman–Crippen LogP) is 3.93. The molecule has 1 aromatic rings. The lowest BCUT2D eigenvalue weighted by molar-refractivity contribution is -0.130. The summed E-state index contributed by atoms with van der Waals surface area (Å²) < 4.78 is 0. The van der Waals surface area contributed by atoms with Crippen LogP contribution in [0, 0.1) is 0 Å². The van der Waals surface area contributed by atoms with E-state index < -0.39 is 0 Å². The van der Waals surface area contributed by atoms with Crippen LogP contribution in [0.1, 0.15) is 69.1 Å². The molecule has 0 spiro atoms. The Kier molecular flexibility index (Phi) is 6.35. The van der Waals surface area contributed by atoms with Gasteiger partial charge in [0.15, 0.2) is 5.13 Å². The summed E-state index contributed by atoms with van der Waals surface area (Å²) >= 11 is 1.44. The van der Waals surface area contributed by atoms with Crippen molar-refractivity contribution in [1.82, 2.24) is 9.88 Å². The Bertz CT molecular complexity index is 530. The summed E-state index contributed by atoms with van der Waals surface area (Å²) in [7, 11) is 0. The average molecular weight is 352 g/mol. The zero-order chi connectivity index (χ0) is 16.8. The van der Waals surface area contributed by atoms with E-state index in [9.17, 15) is 9.90 Å². The fraction of sp³-hybridized carbons (Fsp3) is 0.778. The van der Waals surface area contributed by atoms with Crippen LogP contribution in [0.5, 0.6) is 5.88 Å². The maximum Gasteiger partial charge on any atom is 0.228 e. The molecule has 5 nitrogen and oxygen atoms in total. The van der Waals surface area contributed by atoms with E-state index >= 15 is 0 Å². The van der Waals surface area contributed by atoms with Crippen molar-refractivity contribution in [3.63, 3.8) is 0 Å². The smallest absolute Gasteiger partial charge is 0.228 e. The quantitative estimate of drug-likeness (QED) is 0.807. The highest BCUT2D eigenvalue weighted by Gasteiger charge is 2.21. The molecule has 3 rings (SSSR count). The standard InChI is InChI=1S/C18H29N3O2S/c22-16(21-11-7-3-4-8-12-21)13-15-17(23)20-18(24-15)19-14-9-5-1-2-6-10-14/h14,23H,1-13H2,(H,19,20). The van der Waals surface area contributed by atoms with Crippen LogP contribution in [0.3, 0.4) is 0 Å². The molecule has 1 aliphatic heterocycles. The first kappa shape index (κ1) is 17.5. The van der Waals surface area contributed by atoms with E-state index in [0.717, 1.165) is 31.1 Å². The van der Waals surface area contributed by atoms with Gasteiger partial charge < -0.3 is 15.3 Å². The number of rotatable bonds is 4. The summed E-state index contributed by atoms with van der Waals surface area (Å²) in [5, 5.41) is 14.3. The third-order valence-corrected chi connectivity index (χ3v) is 6.11. The van der Waals surface area contributed by atoms with E-state index in [2.05, 4.69) is 10.3 Å². The van der Waals surface area contributed by atoms with Crippen LogP contribution >= 0.6 is 11.3 Å². The molecule has 24 heavy (non-hydrogen) atoms. The van der Waals surface area contributed by atoms with Crippen LogP contribution in [0.4, 0.5) is 5.13 Å². The van der Waals surface area contributed by atoms with Gasteiger partial charge in [-0.1, -0.05) is 49.9 Å². The van der Waals surface area contributed by atoms with Gasteiger partial charge in [-0.25, -0.2) is 0 Å². The highest BCUT2D eigenvalue weighted by Crippen LogP contribution is 2.31. The minimum absolute atomic E-state index is 0.0271. The number of carbonyl (C=O) groups is 1.